The fourth-order valence-corrected chi connectivity index (χ4v) is 2.61. The molecule has 2 rings (SSSR count). The van der Waals surface area contributed by atoms with Crippen LogP contribution in [-0.4, -0.2) is 11.9 Å². The summed E-state index contributed by atoms with van der Waals surface area (Å²) in [4.78, 5) is 24.1. The lowest BCUT2D eigenvalue weighted by Crippen LogP contribution is -2.35. The Morgan fingerprint density at radius 2 is 1.88 bits per heavy atom. The number of amides is 3. The molecule has 0 heterocycles. The summed E-state index contributed by atoms with van der Waals surface area (Å²) in [5, 5.41) is 4.87. The predicted octanol–water partition coefficient (Wildman–Crippen LogP) is 5.33. The maximum absolute atomic E-state index is 13.8. The van der Waals surface area contributed by atoms with Crippen LogP contribution < -0.4 is 10.6 Å². The Morgan fingerprint density at radius 3 is 2.54 bits per heavy atom. The second-order valence-corrected chi connectivity index (χ2v) is 6.66. The maximum Gasteiger partial charge on any atom is 0.326 e. The van der Waals surface area contributed by atoms with Crippen LogP contribution in [0.1, 0.15) is 35.7 Å². The van der Waals surface area contributed by atoms with Crippen molar-refractivity contribution < 1.29 is 14.0 Å². The van der Waals surface area contributed by atoms with Crippen molar-refractivity contribution >= 4 is 45.2 Å². The monoisotopic (exact) mass is 412 g/mol. The molecular formula is C17H15BrClFN2O2. The molecule has 0 aliphatic heterocycles. The van der Waals surface area contributed by atoms with E-state index in [0.717, 1.165) is 17.7 Å². The van der Waals surface area contributed by atoms with E-state index in [-0.39, 0.29) is 16.5 Å². The van der Waals surface area contributed by atoms with E-state index in [0.29, 0.717) is 10.2 Å². The Balaban J connectivity index is 2.13. The molecule has 0 radical (unpaired) electrons. The van der Waals surface area contributed by atoms with Gasteiger partial charge in [0, 0.05) is 10.2 Å². The zero-order chi connectivity index (χ0) is 17.9. The van der Waals surface area contributed by atoms with Crippen LogP contribution in [0, 0.1) is 5.82 Å². The molecule has 0 spiro atoms. The highest BCUT2D eigenvalue weighted by Crippen LogP contribution is 2.26. The van der Waals surface area contributed by atoms with Gasteiger partial charge in [0.25, 0.3) is 5.91 Å². The van der Waals surface area contributed by atoms with Crippen LogP contribution in [0.4, 0.5) is 14.9 Å². The third-order valence-electron chi connectivity index (χ3n) is 3.31. The number of para-hydroxylation sites is 1. The van der Waals surface area contributed by atoms with Crippen LogP contribution in [-0.2, 0) is 0 Å². The van der Waals surface area contributed by atoms with E-state index in [4.69, 9.17) is 11.6 Å². The van der Waals surface area contributed by atoms with Gasteiger partial charge in [0.2, 0.25) is 0 Å². The first-order valence-corrected chi connectivity index (χ1v) is 8.32. The summed E-state index contributed by atoms with van der Waals surface area (Å²) in [5.74, 6) is -1.46. The third-order valence-corrected chi connectivity index (χ3v) is 4.51. The van der Waals surface area contributed by atoms with Gasteiger partial charge in [-0.15, -0.1) is 0 Å². The van der Waals surface area contributed by atoms with Crippen LogP contribution in [0.3, 0.4) is 0 Å². The summed E-state index contributed by atoms with van der Waals surface area (Å²) in [6.45, 7) is 3.98. The van der Waals surface area contributed by atoms with Gasteiger partial charge in [0.05, 0.1) is 10.6 Å². The highest BCUT2D eigenvalue weighted by molar-refractivity contribution is 9.10. The van der Waals surface area contributed by atoms with Gasteiger partial charge in [0.1, 0.15) is 5.82 Å². The minimum Gasteiger partial charge on any atom is -0.307 e. The molecule has 0 saturated heterocycles. The number of benzene rings is 2. The number of carbonyl (C=O) groups excluding carboxylic acids is 2. The van der Waals surface area contributed by atoms with Gasteiger partial charge in [0.15, 0.2) is 0 Å². The molecule has 2 aromatic rings. The molecule has 2 N–H and O–H groups in total. The van der Waals surface area contributed by atoms with Gasteiger partial charge in [-0.1, -0.05) is 43.6 Å². The first kappa shape index (κ1) is 18.4. The minimum absolute atomic E-state index is 0.173. The third kappa shape index (κ3) is 4.33. The summed E-state index contributed by atoms with van der Waals surface area (Å²) < 4.78 is 14.2. The van der Waals surface area contributed by atoms with E-state index >= 15 is 0 Å². The largest absolute Gasteiger partial charge is 0.326 e. The molecule has 0 aliphatic carbocycles. The Kier molecular flexibility index (Phi) is 5.96. The molecule has 4 nitrogen and oxygen atoms in total. The van der Waals surface area contributed by atoms with Crippen molar-refractivity contribution in [3.8, 4) is 0 Å². The number of urea groups is 1. The second-order valence-electron chi connectivity index (χ2n) is 5.40. The van der Waals surface area contributed by atoms with Crippen LogP contribution >= 0.6 is 27.5 Å². The van der Waals surface area contributed by atoms with E-state index in [2.05, 4.69) is 26.6 Å². The van der Waals surface area contributed by atoms with Crippen molar-refractivity contribution in [2.24, 2.45) is 0 Å². The van der Waals surface area contributed by atoms with Crippen molar-refractivity contribution in [2.75, 3.05) is 5.32 Å². The number of anilines is 1. The molecule has 0 saturated carbocycles. The fraction of sp³-hybridized carbons (Fsp3) is 0.176. The SMILES string of the molecule is CC(C)c1ccccc1NC(=O)NC(=O)c1cc(Cl)c(Br)cc1F. The predicted molar refractivity (Wildman–Crippen MR) is 96.1 cm³/mol. The number of halogens is 3. The summed E-state index contributed by atoms with van der Waals surface area (Å²) in [6, 6.07) is 8.74. The van der Waals surface area contributed by atoms with Gasteiger partial charge < -0.3 is 5.32 Å². The molecule has 0 aromatic heterocycles. The lowest BCUT2D eigenvalue weighted by atomic mass is 10.0. The maximum atomic E-state index is 13.8. The summed E-state index contributed by atoms with van der Waals surface area (Å²) >= 11 is 8.92. The first-order chi connectivity index (χ1) is 11.3. The number of carbonyl (C=O) groups is 2. The highest BCUT2D eigenvalue weighted by Gasteiger charge is 2.17. The quantitative estimate of drug-likeness (QED) is 0.668. The number of hydrogen-bond acceptors (Lipinski definition) is 2. The number of nitrogens with one attached hydrogen (secondary N) is 2. The van der Waals surface area contributed by atoms with E-state index < -0.39 is 17.8 Å². The average molecular weight is 414 g/mol. The smallest absolute Gasteiger partial charge is 0.307 e. The Hall–Kier alpha value is -1.92. The van der Waals surface area contributed by atoms with E-state index in [1.54, 1.807) is 12.1 Å². The summed E-state index contributed by atoms with van der Waals surface area (Å²) in [5.41, 5.74) is 1.21. The van der Waals surface area contributed by atoms with Crippen LogP contribution in [0.15, 0.2) is 40.9 Å². The molecule has 126 valence electrons. The van der Waals surface area contributed by atoms with Crippen molar-refractivity contribution in [1.29, 1.82) is 0 Å². The molecule has 0 bridgehead atoms. The standard InChI is InChI=1S/C17H15BrClFN2O2/c1-9(2)10-5-3-4-6-15(10)21-17(24)22-16(23)11-7-13(19)12(18)8-14(11)20/h3-9H,1-2H3,(H2,21,22,23,24). The molecule has 24 heavy (non-hydrogen) atoms. The number of imide groups is 1. The molecule has 0 atom stereocenters. The molecule has 2 aromatic carbocycles. The molecular weight excluding hydrogens is 399 g/mol. The lowest BCUT2D eigenvalue weighted by molar-refractivity contribution is 0.0963. The number of hydrogen-bond donors (Lipinski definition) is 2. The normalized spacial score (nSPS) is 10.6. The van der Waals surface area contributed by atoms with E-state index in [1.807, 2.05) is 26.0 Å². The Labute approximate surface area is 152 Å². The van der Waals surface area contributed by atoms with Gasteiger partial charge in [-0.05, 0) is 45.6 Å². The van der Waals surface area contributed by atoms with Crippen LogP contribution in [0.25, 0.3) is 0 Å². The molecule has 0 fully saturated rings. The van der Waals surface area contributed by atoms with E-state index in [1.165, 1.54) is 0 Å². The minimum atomic E-state index is -0.874. The fourth-order valence-electron chi connectivity index (χ4n) is 2.13. The molecule has 3 amide bonds. The Morgan fingerprint density at radius 1 is 1.21 bits per heavy atom. The van der Waals surface area contributed by atoms with Crippen molar-refractivity contribution in [3.63, 3.8) is 0 Å². The average Bonchev–Trinajstić information content (AvgIpc) is 2.50. The summed E-state index contributed by atoms with van der Waals surface area (Å²) in [6.07, 6.45) is 0. The van der Waals surface area contributed by atoms with Gasteiger partial charge in [-0.2, -0.15) is 0 Å². The first-order valence-electron chi connectivity index (χ1n) is 7.15. The van der Waals surface area contributed by atoms with E-state index in [9.17, 15) is 14.0 Å². The summed E-state index contributed by atoms with van der Waals surface area (Å²) in [7, 11) is 0. The van der Waals surface area contributed by atoms with Gasteiger partial charge >= 0.3 is 6.03 Å². The molecule has 0 aliphatic rings. The van der Waals surface area contributed by atoms with Gasteiger partial charge in [-0.3, -0.25) is 10.1 Å². The van der Waals surface area contributed by atoms with Crippen molar-refractivity contribution in [2.45, 2.75) is 19.8 Å². The lowest BCUT2D eigenvalue weighted by Gasteiger charge is -2.14. The molecule has 0 unspecified atom stereocenters. The van der Waals surface area contributed by atoms with Crippen LogP contribution in [0.2, 0.25) is 5.02 Å². The second kappa shape index (κ2) is 7.77. The van der Waals surface area contributed by atoms with Gasteiger partial charge in [-0.25, -0.2) is 9.18 Å². The highest BCUT2D eigenvalue weighted by atomic mass is 79.9. The zero-order valence-electron chi connectivity index (χ0n) is 13.0. The van der Waals surface area contributed by atoms with Crippen molar-refractivity contribution in [3.05, 3.63) is 62.8 Å². The van der Waals surface area contributed by atoms with Crippen LogP contribution in [0.5, 0.6) is 0 Å². The molecule has 7 heteroatoms. The van der Waals surface area contributed by atoms with Crippen molar-refractivity contribution in [1.82, 2.24) is 5.32 Å². The topological polar surface area (TPSA) is 58.2 Å². The Bertz CT molecular complexity index is 796. The number of rotatable bonds is 3. The zero-order valence-corrected chi connectivity index (χ0v) is 15.3.